The number of carbonyl (C=O) groups is 2. The number of pyridine rings is 3. The van der Waals surface area contributed by atoms with Crippen LogP contribution in [0.4, 0.5) is 24.7 Å². The number of halogens is 3. The molecule has 0 unspecified atom stereocenters. The molecular weight excluding hydrogens is 495 g/mol. The van der Waals surface area contributed by atoms with E-state index in [1.165, 1.54) is 0 Å². The molecule has 0 spiro atoms. The van der Waals surface area contributed by atoms with Gasteiger partial charge < -0.3 is 10.6 Å². The van der Waals surface area contributed by atoms with Crippen LogP contribution in [0, 0.1) is 12.8 Å². The van der Waals surface area contributed by atoms with E-state index in [0.29, 0.717) is 11.5 Å². The largest absolute Gasteiger partial charge is 0.433 e. The minimum atomic E-state index is -4.58. The molecule has 2 N–H and O–H groups in total. The van der Waals surface area contributed by atoms with Crippen molar-refractivity contribution in [1.29, 1.82) is 0 Å². The third-order valence-electron chi connectivity index (χ3n) is 6.15. The number of nitrogens with zero attached hydrogens (tertiary/aromatic N) is 3. The van der Waals surface area contributed by atoms with Gasteiger partial charge in [0.1, 0.15) is 11.5 Å². The van der Waals surface area contributed by atoms with Gasteiger partial charge in [-0.2, -0.15) is 13.2 Å². The van der Waals surface area contributed by atoms with Crippen LogP contribution < -0.4 is 10.6 Å². The van der Waals surface area contributed by atoms with Crippen molar-refractivity contribution in [3.05, 3.63) is 90.1 Å². The summed E-state index contributed by atoms with van der Waals surface area (Å²) < 4.78 is 38.3. The Labute approximate surface area is 216 Å². The predicted octanol–water partition coefficient (Wildman–Crippen LogP) is 6.13. The van der Waals surface area contributed by atoms with Crippen LogP contribution in [0.2, 0.25) is 0 Å². The maximum Gasteiger partial charge on any atom is 0.433 e. The van der Waals surface area contributed by atoms with Crippen molar-refractivity contribution in [2.24, 2.45) is 5.92 Å². The zero-order valence-electron chi connectivity index (χ0n) is 20.2. The first-order valence-electron chi connectivity index (χ1n) is 11.9. The number of anilines is 2. The number of hydrogen-bond acceptors (Lipinski definition) is 5. The molecule has 1 saturated carbocycles. The van der Waals surface area contributed by atoms with Crippen LogP contribution in [0.1, 0.15) is 34.5 Å². The van der Waals surface area contributed by atoms with Gasteiger partial charge in [-0.25, -0.2) is 4.98 Å². The topological polar surface area (TPSA) is 96.9 Å². The van der Waals surface area contributed by atoms with E-state index in [1.54, 1.807) is 36.8 Å². The van der Waals surface area contributed by atoms with E-state index in [9.17, 15) is 22.8 Å². The van der Waals surface area contributed by atoms with Crippen LogP contribution in [0.25, 0.3) is 22.3 Å². The van der Waals surface area contributed by atoms with Gasteiger partial charge in [0.25, 0.3) is 5.91 Å². The van der Waals surface area contributed by atoms with Gasteiger partial charge in [-0.1, -0.05) is 6.07 Å². The van der Waals surface area contributed by atoms with E-state index in [0.717, 1.165) is 59.0 Å². The van der Waals surface area contributed by atoms with E-state index in [1.807, 2.05) is 25.1 Å². The highest BCUT2D eigenvalue weighted by molar-refractivity contribution is 6.04. The second-order valence-electron chi connectivity index (χ2n) is 9.07. The number of nitrogens with one attached hydrogen (secondary N) is 2. The third-order valence-corrected chi connectivity index (χ3v) is 6.15. The van der Waals surface area contributed by atoms with Crippen LogP contribution in [0.15, 0.2) is 73.3 Å². The highest BCUT2D eigenvalue weighted by Gasteiger charge is 2.32. The minimum Gasteiger partial charge on any atom is -0.322 e. The average molecular weight is 518 g/mol. The molecule has 0 saturated heterocycles. The predicted molar refractivity (Wildman–Crippen MR) is 136 cm³/mol. The highest BCUT2D eigenvalue weighted by Crippen LogP contribution is 2.32. The molecule has 1 aromatic carbocycles. The summed E-state index contributed by atoms with van der Waals surface area (Å²) in [5.41, 5.74) is 3.61. The van der Waals surface area contributed by atoms with E-state index < -0.39 is 17.8 Å². The van der Waals surface area contributed by atoms with Crippen LogP contribution in [-0.2, 0) is 11.0 Å². The lowest BCUT2D eigenvalue weighted by Crippen LogP contribution is -2.14. The molecule has 1 fully saturated rings. The lowest BCUT2D eigenvalue weighted by molar-refractivity contribution is -0.141. The summed E-state index contributed by atoms with van der Waals surface area (Å²) in [7, 11) is 0. The minimum absolute atomic E-state index is 0.00561. The first kappa shape index (κ1) is 25.1. The molecule has 192 valence electrons. The normalized spacial score (nSPS) is 13.2. The number of aryl methyl sites for hydroxylation is 1. The standard InChI is InChI=1S/C28H22F3N5O2/c1-16-2-6-22(35-27(38)19-5-7-24(34-15-19)28(29,30)31)12-23(16)21-10-20(13-32-14-21)18-8-9-33-25(11-18)36-26(37)17-3-4-17/h2,5-15,17H,3-4H2,1H3,(H,35,38)(H,33,36,37). The third kappa shape index (κ3) is 5.69. The SMILES string of the molecule is Cc1ccc(NC(=O)c2ccc(C(F)(F)F)nc2)cc1-c1cncc(-c2ccnc(NC(=O)C3CC3)c2)c1. The molecule has 0 atom stereocenters. The maximum absolute atomic E-state index is 12.8. The number of rotatable bonds is 6. The number of benzene rings is 1. The lowest BCUT2D eigenvalue weighted by Gasteiger charge is -2.12. The first-order chi connectivity index (χ1) is 18.2. The van der Waals surface area contributed by atoms with Gasteiger partial charge in [0.05, 0.1) is 5.56 Å². The fourth-order valence-corrected chi connectivity index (χ4v) is 3.91. The molecular formula is C28H22F3N5O2. The maximum atomic E-state index is 12.8. The molecule has 0 radical (unpaired) electrons. The summed E-state index contributed by atoms with van der Waals surface area (Å²) in [5, 5.41) is 5.56. The Kier molecular flexibility index (Phi) is 6.62. The fourth-order valence-electron chi connectivity index (χ4n) is 3.91. The molecule has 5 rings (SSSR count). The van der Waals surface area contributed by atoms with Crippen LogP contribution in [0.5, 0.6) is 0 Å². The Bertz CT molecular complexity index is 1520. The lowest BCUT2D eigenvalue weighted by atomic mass is 9.98. The quantitative estimate of drug-likeness (QED) is 0.321. The van der Waals surface area contributed by atoms with Gasteiger partial charge in [0.15, 0.2) is 0 Å². The second kappa shape index (κ2) is 10.0. The van der Waals surface area contributed by atoms with Crippen LogP contribution >= 0.6 is 0 Å². The van der Waals surface area contributed by atoms with Crippen LogP contribution in [-0.4, -0.2) is 26.8 Å². The van der Waals surface area contributed by atoms with Crippen molar-refractivity contribution < 1.29 is 22.8 Å². The molecule has 7 nitrogen and oxygen atoms in total. The van der Waals surface area contributed by atoms with Gasteiger partial charge in [-0.15, -0.1) is 0 Å². The van der Waals surface area contributed by atoms with Crippen molar-refractivity contribution in [2.75, 3.05) is 10.6 Å². The molecule has 0 aliphatic heterocycles. The van der Waals surface area contributed by atoms with Crippen molar-refractivity contribution in [3.8, 4) is 22.3 Å². The van der Waals surface area contributed by atoms with Gasteiger partial charge in [-0.3, -0.25) is 19.6 Å². The molecule has 3 aromatic heterocycles. The zero-order valence-corrected chi connectivity index (χ0v) is 20.2. The van der Waals surface area contributed by atoms with Gasteiger partial charge >= 0.3 is 6.18 Å². The summed E-state index contributed by atoms with van der Waals surface area (Å²) in [5.74, 6) is -0.0614. The number of alkyl halides is 3. The molecule has 4 aromatic rings. The Hall–Kier alpha value is -4.60. The summed E-state index contributed by atoms with van der Waals surface area (Å²) in [6.45, 7) is 1.92. The fraction of sp³-hybridized carbons (Fsp3) is 0.179. The van der Waals surface area contributed by atoms with Crippen molar-refractivity contribution in [1.82, 2.24) is 15.0 Å². The Morgan fingerprint density at radius 2 is 1.66 bits per heavy atom. The molecule has 10 heteroatoms. The van der Waals surface area contributed by atoms with Crippen molar-refractivity contribution in [3.63, 3.8) is 0 Å². The molecule has 3 heterocycles. The summed E-state index contributed by atoms with van der Waals surface area (Å²) in [6, 6.07) is 12.8. The second-order valence-corrected chi connectivity index (χ2v) is 9.07. The molecule has 2 amide bonds. The van der Waals surface area contributed by atoms with Gasteiger partial charge in [0, 0.05) is 47.5 Å². The summed E-state index contributed by atoms with van der Waals surface area (Å²) >= 11 is 0. The van der Waals surface area contributed by atoms with E-state index in [2.05, 4.69) is 25.6 Å². The first-order valence-corrected chi connectivity index (χ1v) is 11.9. The van der Waals surface area contributed by atoms with E-state index in [-0.39, 0.29) is 17.4 Å². The van der Waals surface area contributed by atoms with Crippen molar-refractivity contribution in [2.45, 2.75) is 25.9 Å². The molecule has 38 heavy (non-hydrogen) atoms. The number of amides is 2. The van der Waals surface area contributed by atoms with Gasteiger partial charge in [0.2, 0.25) is 5.91 Å². The average Bonchev–Trinajstić information content (AvgIpc) is 3.75. The molecule has 1 aliphatic carbocycles. The zero-order chi connectivity index (χ0) is 26.9. The van der Waals surface area contributed by atoms with E-state index in [4.69, 9.17) is 0 Å². The molecule has 0 bridgehead atoms. The van der Waals surface area contributed by atoms with Gasteiger partial charge in [-0.05, 0) is 78.9 Å². The van der Waals surface area contributed by atoms with Crippen molar-refractivity contribution >= 4 is 23.3 Å². The highest BCUT2D eigenvalue weighted by atomic mass is 19.4. The van der Waals surface area contributed by atoms with Crippen LogP contribution in [0.3, 0.4) is 0 Å². The van der Waals surface area contributed by atoms with E-state index >= 15 is 0 Å². The summed E-state index contributed by atoms with van der Waals surface area (Å²) in [6.07, 6.45) is 3.16. The molecule has 1 aliphatic rings. The number of carbonyl (C=O) groups excluding carboxylic acids is 2. The summed E-state index contributed by atoms with van der Waals surface area (Å²) in [4.78, 5) is 36.7. The Morgan fingerprint density at radius 3 is 2.37 bits per heavy atom. The Balaban J connectivity index is 1.36. The number of hydrogen-bond donors (Lipinski definition) is 2. The smallest absolute Gasteiger partial charge is 0.322 e. The monoisotopic (exact) mass is 517 g/mol. The Morgan fingerprint density at radius 1 is 0.868 bits per heavy atom. The number of aromatic nitrogens is 3.